The molecule has 0 unspecified atom stereocenters. The van der Waals surface area contributed by atoms with Gasteiger partial charge in [-0.15, -0.1) is 0 Å². The summed E-state index contributed by atoms with van der Waals surface area (Å²) in [7, 11) is 0. The van der Waals surface area contributed by atoms with Crippen LogP contribution >= 0.6 is 0 Å². The number of hydrogen-bond donors (Lipinski definition) is 1. The molecule has 0 aliphatic rings. The zero-order valence-electron chi connectivity index (χ0n) is 18.6. The number of rotatable bonds is 10. The second-order valence-corrected chi connectivity index (χ2v) is 7.56. The highest BCUT2D eigenvalue weighted by molar-refractivity contribution is 6.04. The molecule has 33 heavy (non-hydrogen) atoms. The van der Waals surface area contributed by atoms with Gasteiger partial charge in [0.05, 0.1) is 19.8 Å². The Morgan fingerprint density at radius 3 is 1.33 bits per heavy atom. The molecule has 0 spiro atoms. The monoisotopic (exact) mass is 436 g/mol. The average Bonchev–Trinajstić information content (AvgIpc) is 2.89. The molecule has 0 radical (unpaired) electrons. The molecule has 3 nitrogen and oxygen atoms in total. The van der Waals surface area contributed by atoms with Crippen LogP contribution in [0.15, 0.2) is 115 Å². The van der Waals surface area contributed by atoms with Crippen LogP contribution in [0.4, 0.5) is 0 Å². The van der Waals surface area contributed by atoms with E-state index in [1.807, 2.05) is 30.3 Å². The van der Waals surface area contributed by atoms with E-state index in [1.54, 1.807) is 0 Å². The molecule has 0 aromatic heterocycles. The summed E-state index contributed by atoms with van der Waals surface area (Å²) in [4.78, 5) is 0. The van der Waals surface area contributed by atoms with E-state index in [4.69, 9.17) is 14.6 Å². The minimum Gasteiger partial charge on any atom is -0.491 e. The molecule has 1 N–H and O–H groups in total. The average molecular weight is 437 g/mol. The van der Waals surface area contributed by atoms with Crippen molar-refractivity contribution in [3.8, 4) is 5.75 Å². The highest BCUT2D eigenvalue weighted by Gasteiger charge is 2.16. The van der Waals surface area contributed by atoms with Crippen molar-refractivity contribution in [2.24, 2.45) is 0 Å². The van der Waals surface area contributed by atoms with Crippen molar-refractivity contribution in [1.82, 2.24) is 0 Å². The summed E-state index contributed by atoms with van der Waals surface area (Å²) in [5.74, 6) is 0.791. The first-order valence-electron chi connectivity index (χ1n) is 11.2. The minimum atomic E-state index is 0.0223. The predicted molar refractivity (Wildman–Crippen MR) is 134 cm³/mol. The first kappa shape index (κ1) is 22.5. The van der Waals surface area contributed by atoms with Crippen LogP contribution in [-0.4, -0.2) is 31.5 Å². The molecule has 0 heterocycles. The fourth-order valence-corrected chi connectivity index (χ4v) is 3.83. The van der Waals surface area contributed by atoms with E-state index < -0.39 is 0 Å². The molecule has 0 bridgehead atoms. The Balaban J connectivity index is 1.77. The molecule has 0 fully saturated rings. The van der Waals surface area contributed by atoms with Crippen LogP contribution < -0.4 is 4.74 Å². The van der Waals surface area contributed by atoms with Crippen molar-refractivity contribution in [2.75, 3.05) is 26.4 Å². The van der Waals surface area contributed by atoms with Crippen LogP contribution in [0.3, 0.4) is 0 Å². The summed E-state index contributed by atoms with van der Waals surface area (Å²) in [5.41, 5.74) is 6.98. The minimum absolute atomic E-state index is 0.0223. The molecule has 166 valence electrons. The third kappa shape index (κ3) is 5.98. The second kappa shape index (κ2) is 11.8. The Bertz CT molecular complexity index is 1090. The SMILES string of the molecule is OCCOCCOc1ccc(C(=C(c2ccccc2)c2ccccc2)c2ccccc2)cc1. The lowest BCUT2D eigenvalue weighted by atomic mass is 9.86. The zero-order chi connectivity index (χ0) is 22.7. The standard InChI is InChI=1S/C30H28O3/c31-20-21-32-22-23-33-28-18-16-27(17-19-28)30(26-14-8-3-9-15-26)29(24-10-4-1-5-11-24)25-12-6-2-7-13-25/h1-19,31H,20-23H2. The number of aliphatic hydroxyl groups excluding tert-OH is 1. The Morgan fingerprint density at radius 2 is 0.909 bits per heavy atom. The topological polar surface area (TPSA) is 38.7 Å². The van der Waals surface area contributed by atoms with E-state index in [2.05, 4.69) is 84.9 Å². The Morgan fingerprint density at radius 1 is 0.485 bits per heavy atom. The molecule has 0 saturated carbocycles. The van der Waals surface area contributed by atoms with Gasteiger partial charge in [0.1, 0.15) is 12.4 Å². The van der Waals surface area contributed by atoms with Crippen LogP contribution in [-0.2, 0) is 4.74 Å². The van der Waals surface area contributed by atoms with E-state index in [1.165, 1.54) is 22.3 Å². The summed E-state index contributed by atoms with van der Waals surface area (Å²) in [6.07, 6.45) is 0. The summed E-state index contributed by atoms with van der Waals surface area (Å²) in [5, 5.41) is 8.80. The molecular formula is C30H28O3. The van der Waals surface area contributed by atoms with Gasteiger partial charge in [-0.05, 0) is 45.5 Å². The van der Waals surface area contributed by atoms with Gasteiger partial charge in [-0.25, -0.2) is 0 Å². The lowest BCUT2D eigenvalue weighted by Crippen LogP contribution is -2.09. The van der Waals surface area contributed by atoms with Crippen molar-refractivity contribution < 1.29 is 14.6 Å². The Labute approximate surface area is 195 Å². The van der Waals surface area contributed by atoms with Crippen molar-refractivity contribution in [1.29, 1.82) is 0 Å². The van der Waals surface area contributed by atoms with Gasteiger partial charge < -0.3 is 14.6 Å². The number of aliphatic hydroxyl groups is 1. The molecule has 0 amide bonds. The van der Waals surface area contributed by atoms with Crippen LogP contribution in [0.2, 0.25) is 0 Å². The first-order chi connectivity index (χ1) is 16.4. The maximum absolute atomic E-state index is 8.80. The van der Waals surface area contributed by atoms with E-state index in [0.29, 0.717) is 19.8 Å². The fourth-order valence-electron chi connectivity index (χ4n) is 3.83. The molecule has 0 saturated heterocycles. The smallest absolute Gasteiger partial charge is 0.119 e. The lowest BCUT2D eigenvalue weighted by Gasteiger charge is -2.18. The number of hydrogen-bond acceptors (Lipinski definition) is 3. The fraction of sp³-hybridized carbons (Fsp3) is 0.133. The zero-order valence-corrected chi connectivity index (χ0v) is 18.6. The summed E-state index contributed by atoms with van der Waals surface area (Å²) < 4.78 is 11.1. The molecule has 4 aromatic rings. The Kier molecular flexibility index (Phi) is 8.07. The molecule has 4 aromatic carbocycles. The van der Waals surface area contributed by atoms with Gasteiger partial charge in [0.15, 0.2) is 0 Å². The van der Waals surface area contributed by atoms with E-state index in [-0.39, 0.29) is 6.61 Å². The van der Waals surface area contributed by atoms with Crippen molar-refractivity contribution >= 4 is 11.1 Å². The maximum Gasteiger partial charge on any atom is 0.119 e. The molecule has 4 rings (SSSR count). The van der Waals surface area contributed by atoms with Gasteiger partial charge in [0.25, 0.3) is 0 Å². The van der Waals surface area contributed by atoms with E-state index in [0.717, 1.165) is 16.9 Å². The molecule has 0 aliphatic heterocycles. The second-order valence-electron chi connectivity index (χ2n) is 7.56. The molecule has 0 aliphatic carbocycles. The van der Waals surface area contributed by atoms with Gasteiger partial charge in [-0.2, -0.15) is 0 Å². The van der Waals surface area contributed by atoms with Crippen molar-refractivity contribution in [3.63, 3.8) is 0 Å². The highest BCUT2D eigenvalue weighted by atomic mass is 16.5. The molecule has 3 heteroatoms. The molecule has 0 atom stereocenters. The van der Waals surface area contributed by atoms with Crippen LogP contribution in [0.25, 0.3) is 11.1 Å². The van der Waals surface area contributed by atoms with Gasteiger partial charge >= 0.3 is 0 Å². The normalized spacial score (nSPS) is 10.6. The predicted octanol–water partition coefficient (Wildman–Crippen LogP) is 6.08. The third-order valence-electron chi connectivity index (χ3n) is 5.31. The van der Waals surface area contributed by atoms with E-state index in [9.17, 15) is 0 Å². The maximum atomic E-state index is 8.80. The van der Waals surface area contributed by atoms with Crippen molar-refractivity contribution in [2.45, 2.75) is 0 Å². The van der Waals surface area contributed by atoms with E-state index >= 15 is 0 Å². The largest absolute Gasteiger partial charge is 0.491 e. The Hall–Kier alpha value is -3.66. The van der Waals surface area contributed by atoms with Crippen LogP contribution in [0, 0.1) is 0 Å². The van der Waals surface area contributed by atoms with Gasteiger partial charge in [0.2, 0.25) is 0 Å². The first-order valence-corrected chi connectivity index (χ1v) is 11.2. The highest BCUT2D eigenvalue weighted by Crippen LogP contribution is 2.37. The molecular weight excluding hydrogens is 408 g/mol. The lowest BCUT2D eigenvalue weighted by molar-refractivity contribution is 0.0705. The summed E-state index contributed by atoms with van der Waals surface area (Å²) >= 11 is 0. The van der Waals surface area contributed by atoms with Crippen LogP contribution in [0.1, 0.15) is 22.3 Å². The quantitative estimate of drug-likeness (QED) is 0.242. The summed E-state index contributed by atoms with van der Waals surface area (Å²) in [6.45, 7) is 1.24. The van der Waals surface area contributed by atoms with Gasteiger partial charge in [-0.1, -0.05) is 103 Å². The number of ether oxygens (including phenoxy) is 2. The summed E-state index contributed by atoms with van der Waals surface area (Å²) in [6, 6.07) is 39.8. The van der Waals surface area contributed by atoms with Crippen LogP contribution in [0.5, 0.6) is 5.75 Å². The van der Waals surface area contributed by atoms with Gasteiger partial charge in [0, 0.05) is 0 Å². The van der Waals surface area contributed by atoms with Gasteiger partial charge in [-0.3, -0.25) is 0 Å². The third-order valence-corrected chi connectivity index (χ3v) is 5.31. The van der Waals surface area contributed by atoms with Crippen molar-refractivity contribution in [3.05, 3.63) is 138 Å². The number of benzene rings is 4.